The fraction of sp³-hybridized carbons (Fsp3) is 0.700. The first-order chi connectivity index (χ1) is 21.6. The molecule has 242 valence electrons. The number of aryl methyl sites for hydroxylation is 1. The molecular weight excluding hydrogens is 564 g/mol. The molecule has 5 rings (SSSR count). The summed E-state index contributed by atoms with van der Waals surface area (Å²) in [6, 6.07) is 0. The standard InChI is InChI=1S/C30H48N10O4/c1-41-20-18-40(19-21-42-2)30-34-26-25(28(36-30)39-15-8-24(44-4)9-16-39)33-29(32-10-5-12-37-17-11-31-22-37)35-27(26)38-13-6-23(43-3)7-14-38/h11,17,22-24H,5-10,12-16,18-21H2,1-4H3,(H,32,33,35). The third-order valence-corrected chi connectivity index (χ3v) is 8.49. The highest BCUT2D eigenvalue weighted by molar-refractivity contribution is 5.95. The molecule has 14 heteroatoms. The van der Waals surface area contributed by atoms with E-state index in [0.29, 0.717) is 38.2 Å². The van der Waals surface area contributed by atoms with E-state index in [9.17, 15) is 0 Å². The van der Waals surface area contributed by atoms with E-state index >= 15 is 0 Å². The van der Waals surface area contributed by atoms with E-state index in [4.69, 9.17) is 38.9 Å². The maximum absolute atomic E-state index is 5.68. The van der Waals surface area contributed by atoms with E-state index in [2.05, 4.69) is 29.6 Å². The molecule has 0 atom stereocenters. The van der Waals surface area contributed by atoms with Gasteiger partial charge in [0.15, 0.2) is 11.6 Å². The molecule has 5 heterocycles. The molecule has 0 radical (unpaired) electrons. The van der Waals surface area contributed by atoms with Gasteiger partial charge in [0.2, 0.25) is 11.9 Å². The highest BCUT2D eigenvalue weighted by Crippen LogP contribution is 2.34. The van der Waals surface area contributed by atoms with Crippen LogP contribution < -0.4 is 20.0 Å². The van der Waals surface area contributed by atoms with Crippen molar-refractivity contribution in [3.05, 3.63) is 18.7 Å². The highest BCUT2D eigenvalue weighted by Gasteiger charge is 2.29. The molecule has 0 spiro atoms. The zero-order valence-electron chi connectivity index (χ0n) is 26.7. The zero-order chi connectivity index (χ0) is 30.7. The summed E-state index contributed by atoms with van der Waals surface area (Å²) in [4.78, 5) is 31.4. The summed E-state index contributed by atoms with van der Waals surface area (Å²) in [6.07, 6.45) is 10.7. The molecule has 0 aliphatic carbocycles. The van der Waals surface area contributed by atoms with Gasteiger partial charge in [-0.05, 0) is 32.1 Å². The van der Waals surface area contributed by atoms with Crippen molar-refractivity contribution in [3.8, 4) is 0 Å². The summed E-state index contributed by atoms with van der Waals surface area (Å²) in [6.45, 7) is 7.29. The third-order valence-electron chi connectivity index (χ3n) is 8.49. The quantitative estimate of drug-likeness (QED) is 0.238. The van der Waals surface area contributed by atoms with Crippen LogP contribution in [-0.4, -0.2) is 129 Å². The highest BCUT2D eigenvalue weighted by atomic mass is 16.5. The van der Waals surface area contributed by atoms with Gasteiger partial charge in [-0.3, -0.25) is 0 Å². The Morgan fingerprint density at radius 3 is 1.93 bits per heavy atom. The van der Waals surface area contributed by atoms with Crippen molar-refractivity contribution in [3.63, 3.8) is 0 Å². The SMILES string of the molecule is COCCN(CCOC)c1nc(N2CCC(OC)CC2)c2nc(NCCCn3ccnc3)nc(N3CCC(OC)CC3)c2n1. The summed E-state index contributed by atoms with van der Waals surface area (Å²) in [5, 5.41) is 3.49. The Balaban J connectivity index is 1.55. The Labute approximate surface area is 260 Å². The number of anilines is 4. The van der Waals surface area contributed by atoms with Crippen LogP contribution in [0.3, 0.4) is 0 Å². The van der Waals surface area contributed by atoms with E-state index in [1.165, 1.54) is 0 Å². The molecule has 0 bridgehead atoms. The molecule has 1 N–H and O–H groups in total. The summed E-state index contributed by atoms with van der Waals surface area (Å²) in [5.74, 6) is 2.88. The van der Waals surface area contributed by atoms with E-state index in [0.717, 1.165) is 94.0 Å². The minimum Gasteiger partial charge on any atom is -0.383 e. The average Bonchev–Trinajstić information content (AvgIpc) is 3.60. The molecule has 2 aliphatic rings. The molecule has 0 saturated carbocycles. The minimum absolute atomic E-state index is 0.249. The number of methoxy groups -OCH3 is 4. The topological polar surface area (TPSA) is 128 Å². The first-order valence-electron chi connectivity index (χ1n) is 15.7. The third kappa shape index (κ3) is 8.03. The van der Waals surface area contributed by atoms with Gasteiger partial charge in [-0.2, -0.15) is 9.97 Å². The van der Waals surface area contributed by atoms with Crippen molar-refractivity contribution in [2.75, 3.05) is 107 Å². The van der Waals surface area contributed by atoms with Crippen LogP contribution in [-0.2, 0) is 25.5 Å². The maximum atomic E-state index is 5.68. The van der Waals surface area contributed by atoms with Crippen LogP contribution in [0.5, 0.6) is 0 Å². The monoisotopic (exact) mass is 612 g/mol. The number of nitrogens with one attached hydrogen (secondary N) is 1. The van der Waals surface area contributed by atoms with Crippen LogP contribution >= 0.6 is 0 Å². The van der Waals surface area contributed by atoms with Gasteiger partial charge in [0.1, 0.15) is 11.0 Å². The lowest BCUT2D eigenvalue weighted by Gasteiger charge is -2.35. The van der Waals surface area contributed by atoms with Crippen LogP contribution in [0.1, 0.15) is 32.1 Å². The summed E-state index contributed by atoms with van der Waals surface area (Å²) in [5.41, 5.74) is 1.53. The fourth-order valence-corrected chi connectivity index (χ4v) is 5.84. The second-order valence-electron chi connectivity index (χ2n) is 11.3. The van der Waals surface area contributed by atoms with Gasteiger partial charge in [-0.25, -0.2) is 15.0 Å². The number of hydrogen-bond acceptors (Lipinski definition) is 13. The minimum atomic E-state index is 0.249. The molecule has 3 aromatic heterocycles. The van der Waals surface area contributed by atoms with Crippen molar-refractivity contribution in [2.24, 2.45) is 0 Å². The molecule has 2 fully saturated rings. The van der Waals surface area contributed by atoms with E-state index in [-0.39, 0.29) is 12.2 Å². The number of imidazole rings is 1. The number of ether oxygens (including phenoxy) is 4. The maximum Gasteiger partial charge on any atom is 0.228 e. The van der Waals surface area contributed by atoms with Gasteiger partial charge in [-0.15, -0.1) is 0 Å². The Bertz CT molecular complexity index is 1270. The summed E-state index contributed by atoms with van der Waals surface area (Å²) >= 11 is 0. The molecule has 0 aromatic carbocycles. The van der Waals surface area contributed by atoms with E-state index in [1.54, 1.807) is 34.6 Å². The average molecular weight is 613 g/mol. The number of aromatic nitrogens is 6. The zero-order valence-corrected chi connectivity index (χ0v) is 26.7. The van der Waals surface area contributed by atoms with Crippen LogP contribution in [0.4, 0.5) is 23.5 Å². The second-order valence-corrected chi connectivity index (χ2v) is 11.3. The van der Waals surface area contributed by atoms with Gasteiger partial charge in [0, 0.05) is 93.2 Å². The number of hydrogen-bond donors (Lipinski definition) is 1. The summed E-state index contributed by atoms with van der Waals surface area (Å²) < 4.78 is 24.3. The molecule has 3 aromatic rings. The van der Waals surface area contributed by atoms with Crippen LogP contribution in [0, 0.1) is 0 Å². The lowest BCUT2D eigenvalue weighted by atomic mass is 10.1. The van der Waals surface area contributed by atoms with Crippen molar-refractivity contribution >= 4 is 34.6 Å². The molecule has 0 amide bonds. The smallest absolute Gasteiger partial charge is 0.228 e. The first kappa shape index (κ1) is 32.1. The summed E-state index contributed by atoms with van der Waals surface area (Å²) in [7, 11) is 7.00. The van der Waals surface area contributed by atoms with Gasteiger partial charge >= 0.3 is 0 Å². The number of nitrogens with zero attached hydrogens (tertiary/aromatic N) is 9. The predicted molar refractivity (Wildman–Crippen MR) is 171 cm³/mol. The normalized spacial score (nSPS) is 16.6. The lowest BCUT2D eigenvalue weighted by molar-refractivity contribution is 0.0817. The second kappa shape index (κ2) is 16.1. The van der Waals surface area contributed by atoms with Gasteiger partial charge < -0.3 is 43.5 Å². The number of rotatable bonds is 16. The van der Waals surface area contributed by atoms with Crippen molar-refractivity contribution in [1.29, 1.82) is 0 Å². The molecular formula is C30H48N10O4. The Kier molecular flexibility index (Phi) is 11.7. The van der Waals surface area contributed by atoms with Gasteiger partial charge in [0.05, 0.1) is 31.7 Å². The largest absolute Gasteiger partial charge is 0.383 e. The molecule has 14 nitrogen and oxygen atoms in total. The molecule has 2 saturated heterocycles. The first-order valence-corrected chi connectivity index (χ1v) is 15.7. The van der Waals surface area contributed by atoms with Crippen LogP contribution in [0.2, 0.25) is 0 Å². The van der Waals surface area contributed by atoms with Crippen molar-refractivity contribution in [2.45, 2.75) is 50.9 Å². The van der Waals surface area contributed by atoms with E-state index < -0.39 is 0 Å². The Hall–Kier alpha value is -3.33. The number of fused-ring (bicyclic) bond motifs is 1. The van der Waals surface area contributed by atoms with Crippen LogP contribution in [0.15, 0.2) is 18.7 Å². The molecule has 44 heavy (non-hydrogen) atoms. The Morgan fingerprint density at radius 2 is 1.39 bits per heavy atom. The Morgan fingerprint density at radius 1 is 0.795 bits per heavy atom. The molecule has 2 aliphatic heterocycles. The van der Waals surface area contributed by atoms with Crippen molar-refractivity contribution in [1.82, 2.24) is 29.5 Å². The van der Waals surface area contributed by atoms with Crippen LogP contribution in [0.25, 0.3) is 11.0 Å². The predicted octanol–water partition coefficient (Wildman–Crippen LogP) is 2.45. The lowest BCUT2D eigenvalue weighted by Crippen LogP contribution is -2.39. The van der Waals surface area contributed by atoms with Gasteiger partial charge in [-0.1, -0.05) is 0 Å². The van der Waals surface area contributed by atoms with E-state index in [1.807, 2.05) is 12.5 Å². The number of piperidine rings is 2. The molecule has 0 unspecified atom stereocenters. The van der Waals surface area contributed by atoms with Gasteiger partial charge in [0.25, 0.3) is 0 Å². The fourth-order valence-electron chi connectivity index (χ4n) is 5.84. The van der Waals surface area contributed by atoms with Crippen molar-refractivity contribution < 1.29 is 18.9 Å².